The van der Waals surface area contributed by atoms with Gasteiger partial charge in [0.25, 0.3) is 0 Å². The summed E-state index contributed by atoms with van der Waals surface area (Å²) in [5, 5.41) is 3.12. The minimum atomic E-state index is -0.517. The maximum atomic E-state index is 13.9. The van der Waals surface area contributed by atoms with Gasteiger partial charge in [0.2, 0.25) is 11.8 Å². The molecule has 31 heavy (non-hydrogen) atoms. The van der Waals surface area contributed by atoms with Crippen molar-refractivity contribution in [1.82, 2.24) is 15.1 Å². The SMILES string of the molecule is O=C1NC[C@@H]2N(CCc3ccccc3)C(=O)C3(CCCCC3)N2[C@H]1Cc1ccccc1. The summed E-state index contributed by atoms with van der Waals surface area (Å²) in [5.74, 6) is 0.297. The van der Waals surface area contributed by atoms with E-state index in [1.165, 1.54) is 12.0 Å². The predicted molar refractivity (Wildman–Crippen MR) is 120 cm³/mol. The Morgan fingerprint density at radius 1 is 0.871 bits per heavy atom. The first-order valence-corrected chi connectivity index (χ1v) is 11.6. The van der Waals surface area contributed by atoms with Crippen molar-refractivity contribution < 1.29 is 9.59 Å². The number of piperazine rings is 1. The molecule has 1 spiro atoms. The molecule has 5 nitrogen and oxygen atoms in total. The molecule has 5 heteroatoms. The highest BCUT2D eigenvalue weighted by atomic mass is 16.2. The van der Waals surface area contributed by atoms with Crippen LogP contribution in [0.4, 0.5) is 0 Å². The molecule has 2 heterocycles. The van der Waals surface area contributed by atoms with Crippen LogP contribution in [-0.4, -0.2) is 52.5 Å². The number of hydrogen-bond acceptors (Lipinski definition) is 3. The van der Waals surface area contributed by atoms with Crippen LogP contribution in [0, 0.1) is 0 Å². The third-order valence-corrected chi connectivity index (χ3v) is 7.37. The third-order valence-electron chi connectivity index (χ3n) is 7.37. The first kappa shape index (κ1) is 20.3. The van der Waals surface area contributed by atoms with Crippen LogP contribution in [0.1, 0.15) is 43.2 Å². The summed E-state index contributed by atoms with van der Waals surface area (Å²) < 4.78 is 0. The quantitative estimate of drug-likeness (QED) is 0.813. The topological polar surface area (TPSA) is 52.7 Å². The van der Waals surface area contributed by atoms with Crippen molar-refractivity contribution in [3.05, 3.63) is 71.8 Å². The minimum Gasteiger partial charge on any atom is -0.351 e. The number of benzene rings is 2. The molecule has 1 aliphatic carbocycles. The molecule has 2 saturated heterocycles. The largest absolute Gasteiger partial charge is 0.351 e. The van der Waals surface area contributed by atoms with Crippen LogP contribution in [-0.2, 0) is 22.4 Å². The number of amides is 2. The molecule has 2 atom stereocenters. The molecule has 1 saturated carbocycles. The Labute approximate surface area is 184 Å². The van der Waals surface area contributed by atoms with E-state index in [2.05, 4.69) is 39.4 Å². The van der Waals surface area contributed by atoms with Gasteiger partial charge in [-0.1, -0.05) is 79.9 Å². The number of nitrogens with zero attached hydrogens (tertiary/aromatic N) is 2. The first-order valence-electron chi connectivity index (χ1n) is 11.6. The third kappa shape index (κ3) is 3.65. The predicted octanol–water partition coefficient (Wildman–Crippen LogP) is 3.14. The highest BCUT2D eigenvalue weighted by Crippen LogP contribution is 2.45. The van der Waals surface area contributed by atoms with E-state index in [-0.39, 0.29) is 24.0 Å². The fourth-order valence-electron chi connectivity index (χ4n) is 5.88. The fourth-order valence-corrected chi connectivity index (χ4v) is 5.88. The number of carbonyl (C=O) groups is 2. The van der Waals surface area contributed by atoms with E-state index in [4.69, 9.17) is 0 Å². The van der Waals surface area contributed by atoms with Crippen molar-refractivity contribution in [2.75, 3.05) is 13.1 Å². The van der Waals surface area contributed by atoms with Crippen LogP contribution < -0.4 is 5.32 Å². The van der Waals surface area contributed by atoms with Crippen molar-refractivity contribution in [2.24, 2.45) is 0 Å². The first-order chi connectivity index (χ1) is 15.2. The van der Waals surface area contributed by atoms with Crippen molar-refractivity contribution in [3.8, 4) is 0 Å². The second-order valence-corrected chi connectivity index (χ2v) is 9.16. The zero-order valence-electron chi connectivity index (χ0n) is 18.0. The molecule has 0 aromatic heterocycles. The van der Waals surface area contributed by atoms with Crippen molar-refractivity contribution >= 4 is 11.8 Å². The van der Waals surface area contributed by atoms with Crippen LogP contribution in [0.3, 0.4) is 0 Å². The Hall–Kier alpha value is -2.66. The highest BCUT2D eigenvalue weighted by Gasteiger charge is 2.61. The van der Waals surface area contributed by atoms with Crippen LogP contribution >= 0.6 is 0 Å². The molecule has 5 rings (SSSR count). The molecule has 2 aliphatic heterocycles. The fraction of sp³-hybridized carbons (Fsp3) is 0.462. The zero-order valence-corrected chi connectivity index (χ0v) is 18.0. The van der Waals surface area contributed by atoms with Gasteiger partial charge in [0, 0.05) is 6.54 Å². The Kier molecular flexibility index (Phi) is 5.53. The molecule has 0 radical (unpaired) electrons. The van der Waals surface area contributed by atoms with E-state index in [9.17, 15) is 9.59 Å². The van der Waals surface area contributed by atoms with E-state index in [0.29, 0.717) is 19.5 Å². The van der Waals surface area contributed by atoms with E-state index >= 15 is 0 Å². The molecule has 3 fully saturated rings. The Morgan fingerprint density at radius 2 is 1.52 bits per heavy atom. The molecule has 2 aromatic rings. The van der Waals surface area contributed by atoms with E-state index in [0.717, 1.165) is 37.7 Å². The van der Waals surface area contributed by atoms with Gasteiger partial charge in [-0.25, -0.2) is 0 Å². The zero-order chi connectivity index (χ0) is 21.3. The Morgan fingerprint density at radius 3 is 2.19 bits per heavy atom. The molecule has 2 amide bonds. The van der Waals surface area contributed by atoms with Gasteiger partial charge in [-0.05, 0) is 36.8 Å². The lowest BCUT2D eigenvalue weighted by Gasteiger charge is -2.47. The highest BCUT2D eigenvalue weighted by molar-refractivity contribution is 5.92. The Balaban J connectivity index is 1.46. The summed E-state index contributed by atoms with van der Waals surface area (Å²) in [5.41, 5.74) is 1.87. The summed E-state index contributed by atoms with van der Waals surface area (Å²) in [6, 6.07) is 20.3. The number of hydrogen-bond donors (Lipinski definition) is 1. The number of nitrogens with one attached hydrogen (secondary N) is 1. The molecule has 162 valence electrons. The van der Waals surface area contributed by atoms with E-state index < -0.39 is 5.54 Å². The molecule has 3 aliphatic rings. The molecular weight excluding hydrogens is 386 g/mol. The average molecular weight is 418 g/mol. The number of carbonyl (C=O) groups excluding carboxylic acids is 2. The maximum Gasteiger partial charge on any atom is 0.244 e. The second-order valence-electron chi connectivity index (χ2n) is 9.16. The second kappa shape index (κ2) is 8.46. The normalized spacial score (nSPS) is 25.5. The molecular formula is C26H31N3O2. The van der Waals surface area contributed by atoms with Gasteiger partial charge in [0.1, 0.15) is 11.7 Å². The number of fused-ring (bicyclic) bond motifs is 2. The minimum absolute atomic E-state index is 0.0549. The van der Waals surface area contributed by atoms with Crippen molar-refractivity contribution in [3.63, 3.8) is 0 Å². The van der Waals surface area contributed by atoms with Gasteiger partial charge >= 0.3 is 0 Å². The van der Waals surface area contributed by atoms with Gasteiger partial charge in [-0.15, -0.1) is 0 Å². The standard InChI is InChI=1S/C26H31N3O2/c30-24-22(18-21-12-6-2-7-13-21)29-23(19-27-24)28(17-14-20-10-4-1-5-11-20)25(31)26(29)15-8-3-9-16-26/h1-2,4-7,10-13,22-23H,3,8-9,14-19H2,(H,27,30)/t22-,23+/m0/s1. The molecule has 0 bridgehead atoms. The smallest absolute Gasteiger partial charge is 0.244 e. The molecule has 1 N–H and O–H groups in total. The summed E-state index contributed by atoms with van der Waals surface area (Å²) in [6.45, 7) is 1.21. The van der Waals surface area contributed by atoms with Crippen LogP contribution in [0.2, 0.25) is 0 Å². The Bertz CT molecular complexity index is 924. The monoisotopic (exact) mass is 417 g/mol. The van der Waals surface area contributed by atoms with Gasteiger partial charge in [-0.3, -0.25) is 14.5 Å². The van der Waals surface area contributed by atoms with Gasteiger partial charge in [0.15, 0.2) is 0 Å². The lowest BCUT2D eigenvalue weighted by atomic mass is 9.79. The van der Waals surface area contributed by atoms with Crippen LogP contribution in [0.5, 0.6) is 0 Å². The van der Waals surface area contributed by atoms with Crippen LogP contribution in [0.25, 0.3) is 0 Å². The van der Waals surface area contributed by atoms with Gasteiger partial charge in [0.05, 0.1) is 12.6 Å². The van der Waals surface area contributed by atoms with Gasteiger partial charge in [-0.2, -0.15) is 0 Å². The lowest BCUT2D eigenvalue weighted by Crippen LogP contribution is -2.66. The van der Waals surface area contributed by atoms with Crippen molar-refractivity contribution in [2.45, 2.75) is 62.7 Å². The van der Waals surface area contributed by atoms with E-state index in [1.54, 1.807) is 0 Å². The molecule has 2 aromatic carbocycles. The maximum absolute atomic E-state index is 13.9. The number of rotatable bonds is 5. The van der Waals surface area contributed by atoms with Crippen LogP contribution in [0.15, 0.2) is 60.7 Å². The van der Waals surface area contributed by atoms with Crippen molar-refractivity contribution in [1.29, 1.82) is 0 Å². The lowest BCUT2D eigenvalue weighted by molar-refractivity contribution is -0.138. The summed E-state index contributed by atoms with van der Waals surface area (Å²) in [6.07, 6.45) is 6.44. The average Bonchev–Trinajstić information content (AvgIpc) is 3.03. The summed E-state index contributed by atoms with van der Waals surface area (Å²) in [4.78, 5) is 31.4. The van der Waals surface area contributed by atoms with E-state index in [1.807, 2.05) is 36.4 Å². The summed E-state index contributed by atoms with van der Waals surface area (Å²) in [7, 11) is 0. The molecule has 0 unspecified atom stereocenters. The summed E-state index contributed by atoms with van der Waals surface area (Å²) >= 11 is 0. The van der Waals surface area contributed by atoms with Gasteiger partial charge < -0.3 is 10.2 Å².